The van der Waals surface area contributed by atoms with Gasteiger partial charge in [-0.2, -0.15) is 0 Å². The van der Waals surface area contributed by atoms with Crippen molar-refractivity contribution in [2.45, 2.75) is 19.3 Å². The second-order valence-corrected chi connectivity index (χ2v) is 4.61. The van der Waals surface area contributed by atoms with Crippen LogP contribution in [0.15, 0.2) is 18.2 Å². The van der Waals surface area contributed by atoms with E-state index in [0.29, 0.717) is 6.42 Å². The van der Waals surface area contributed by atoms with Gasteiger partial charge in [0.1, 0.15) is 0 Å². The molecule has 17 heavy (non-hydrogen) atoms. The molecule has 2 aliphatic carbocycles. The van der Waals surface area contributed by atoms with Crippen LogP contribution in [-0.4, -0.2) is 10.9 Å². The summed E-state index contributed by atoms with van der Waals surface area (Å²) in [5, 5.41) is 2.20. The number of allylic oxidation sites excluding steroid dienone is 2. The zero-order valence-electron chi connectivity index (χ0n) is 9.52. The van der Waals surface area contributed by atoms with Crippen molar-refractivity contribution in [3.8, 4) is 0 Å². The molecule has 2 aliphatic rings. The maximum absolute atomic E-state index is 11.2. The summed E-state index contributed by atoms with van der Waals surface area (Å²) in [6, 6.07) is 2.15. The normalized spacial score (nSPS) is 20.8. The Morgan fingerprint density at radius 3 is 3.18 bits per heavy atom. The highest BCUT2D eigenvalue weighted by molar-refractivity contribution is 5.78. The van der Waals surface area contributed by atoms with Crippen LogP contribution < -0.4 is 16.3 Å². The second kappa shape index (κ2) is 3.84. The molecule has 0 spiro atoms. The summed E-state index contributed by atoms with van der Waals surface area (Å²) in [6.45, 7) is 0. The van der Waals surface area contributed by atoms with Gasteiger partial charge in [0.15, 0.2) is 0 Å². The lowest BCUT2D eigenvalue weighted by Crippen LogP contribution is -2.34. The van der Waals surface area contributed by atoms with Gasteiger partial charge < -0.3 is 5.73 Å². The number of carbonyl (C=O) groups excluding carboxylic acids is 1. The van der Waals surface area contributed by atoms with Crippen molar-refractivity contribution >= 4 is 18.1 Å². The molecule has 86 valence electrons. The van der Waals surface area contributed by atoms with Gasteiger partial charge in [0.25, 0.3) is 0 Å². The zero-order valence-corrected chi connectivity index (χ0v) is 9.52. The summed E-state index contributed by atoms with van der Waals surface area (Å²) >= 11 is 0. The molecular formula is C14H14N2O. The molecule has 1 aromatic heterocycles. The summed E-state index contributed by atoms with van der Waals surface area (Å²) < 4.78 is 0. The number of hydrogen-bond acceptors (Lipinski definition) is 2. The van der Waals surface area contributed by atoms with Gasteiger partial charge in [-0.05, 0) is 29.7 Å². The molecule has 1 atom stereocenters. The van der Waals surface area contributed by atoms with E-state index in [2.05, 4.69) is 29.3 Å². The van der Waals surface area contributed by atoms with E-state index in [1.54, 1.807) is 0 Å². The largest absolute Gasteiger partial charge is 0.369 e. The topological polar surface area (TPSA) is 56.0 Å². The van der Waals surface area contributed by atoms with Crippen LogP contribution in [0.1, 0.15) is 17.7 Å². The lowest BCUT2D eigenvalue weighted by atomic mass is 9.90. The molecule has 3 heteroatoms. The number of carbonyl (C=O) groups is 1. The van der Waals surface area contributed by atoms with Gasteiger partial charge in [-0.25, -0.2) is 0 Å². The van der Waals surface area contributed by atoms with Gasteiger partial charge in [0.05, 0.1) is 11.0 Å². The van der Waals surface area contributed by atoms with Crippen molar-refractivity contribution < 1.29 is 4.79 Å². The molecule has 0 aliphatic heterocycles. The van der Waals surface area contributed by atoms with E-state index < -0.39 is 0 Å². The van der Waals surface area contributed by atoms with E-state index in [-0.39, 0.29) is 11.8 Å². The molecule has 1 aromatic rings. The van der Waals surface area contributed by atoms with Crippen LogP contribution in [0.2, 0.25) is 0 Å². The van der Waals surface area contributed by atoms with Crippen LogP contribution >= 0.6 is 0 Å². The molecular weight excluding hydrogens is 212 g/mol. The van der Waals surface area contributed by atoms with Crippen molar-refractivity contribution in [1.82, 2.24) is 4.98 Å². The molecule has 1 amide bonds. The maximum atomic E-state index is 11.2. The zero-order chi connectivity index (χ0) is 11.8. The second-order valence-electron chi connectivity index (χ2n) is 4.61. The van der Waals surface area contributed by atoms with Gasteiger partial charge in [-0.15, -0.1) is 0 Å². The van der Waals surface area contributed by atoms with Crippen molar-refractivity contribution in [3.63, 3.8) is 0 Å². The summed E-state index contributed by atoms with van der Waals surface area (Å²) in [5.41, 5.74) is 7.63. The van der Waals surface area contributed by atoms with Crippen LogP contribution in [0, 0.1) is 5.92 Å². The van der Waals surface area contributed by atoms with Crippen molar-refractivity contribution in [3.05, 3.63) is 40.0 Å². The molecule has 0 fully saturated rings. The molecule has 3 rings (SSSR count). The summed E-state index contributed by atoms with van der Waals surface area (Å²) in [6.07, 6.45) is 10.6. The molecule has 2 N–H and O–H groups in total. The lowest BCUT2D eigenvalue weighted by molar-refractivity contribution is -0.121. The first-order chi connectivity index (χ1) is 8.24. The van der Waals surface area contributed by atoms with E-state index in [9.17, 15) is 4.79 Å². The first kappa shape index (κ1) is 10.3. The molecule has 0 aromatic carbocycles. The fourth-order valence-corrected chi connectivity index (χ4v) is 2.45. The number of nitrogens with two attached hydrogens (primary N) is 1. The Hall–Kier alpha value is -1.90. The Bertz CT molecular complexity index is 628. The molecule has 1 heterocycles. The maximum Gasteiger partial charge on any atom is 0.221 e. The average molecular weight is 226 g/mol. The minimum atomic E-state index is -0.214. The summed E-state index contributed by atoms with van der Waals surface area (Å²) in [5.74, 6) is -0.282. The Labute approximate surface area is 99.4 Å². The third-order valence-electron chi connectivity index (χ3n) is 3.43. The smallest absolute Gasteiger partial charge is 0.221 e. The molecule has 0 saturated carbocycles. The summed E-state index contributed by atoms with van der Waals surface area (Å²) in [7, 11) is 0. The quantitative estimate of drug-likeness (QED) is 0.721. The monoisotopic (exact) mass is 226 g/mol. The first-order valence-electron chi connectivity index (χ1n) is 5.89. The van der Waals surface area contributed by atoms with E-state index in [1.165, 1.54) is 5.22 Å². The third-order valence-corrected chi connectivity index (χ3v) is 3.43. The molecule has 1 unspecified atom stereocenters. The fourth-order valence-electron chi connectivity index (χ4n) is 2.45. The highest BCUT2D eigenvalue weighted by atomic mass is 16.1. The van der Waals surface area contributed by atoms with Gasteiger partial charge in [0, 0.05) is 12.3 Å². The van der Waals surface area contributed by atoms with E-state index in [4.69, 9.17) is 5.73 Å². The third kappa shape index (κ3) is 1.78. The number of amides is 1. The highest BCUT2D eigenvalue weighted by Crippen LogP contribution is 2.14. The minimum Gasteiger partial charge on any atom is -0.369 e. The number of fused-ring (bicyclic) bond motifs is 2. The Kier molecular flexibility index (Phi) is 2.32. The van der Waals surface area contributed by atoms with Gasteiger partial charge in [0.2, 0.25) is 5.91 Å². The minimum absolute atomic E-state index is 0.0681. The first-order valence-corrected chi connectivity index (χ1v) is 5.89. The molecule has 0 radical (unpaired) electrons. The van der Waals surface area contributed by atoms with Crippen molar-refractivity contribution in [2.75, 3.05) is 0 Å². The highest BCUT2D eigenvalue weighted by Gasteiger charge is 2.19. The number of primary amides is 1. The Balaban J connectivity index is 2.11. The number of rotatable bonds is 1. The predicted molar refractivity (Wildman–Crippen MR) is 66.3 cm³/mol. The van der Waals surface area contributed by atoms with Gasteiger partial charge in [-0.3, -0.25) is 9.78 Å². The van der Waals surface area contributed by atoms with E-state index >= 15 is 0 Å². The predicted octanol–water partition coefficient (Wildman–Crippen LogP) is -0.197. The number of aromatic nitrogens is 1. The van der Waals surface area contributed by atoms with Crippen molar-refractivity contribution in [1.29, 1.82) is 0 Å². The van der Waals surface area contributed by atoms with Crippen LogP contribution in [0.5, 0.6) is 0 Å². The standard InChI is InChI=1S/C14H14N2O/c15-14(17)10-5-6-13-11(8-10)7-9-3-1-2-4-12(9)16-13/h1-3,6-7,10H,4-5,8H2,(H2,15,17). The Morgan fingerprint density at radius 2 is 2.35 bits per heavy atom. The van der Waals surface area contributed by atoms with E-state index in [0.717, 1.165) is 29.4 Å². The van der Waals surface area contributed by atoms with Gasteiger partial charge >= 0.3 is 0 Å². The number of pyridine rings is 1. The van der Waals surface area contributed by atoms with E-state index in [1.807, 2.05) is 6.08 Å². The molecule has 0 saturated heterocycles. The lowest BCUT2D eigenvalue weighted by Gasteiger charge is -2.17. The van der Waals surface area contributed by atoms with Crippen LogP contribution in [-0.2, 0) is 17.6 Å². The molecule has 0 bridgehead atoms. The van der Waals surface area contributed by atoms with Crippen LogP contribution in [0.3, 0.4) is 0 Å². The molecule has 3 nitrogen and oxygen atoms in total. The van der Waals surface area contributed by atoms with Gasteiger partial charge in [-0.1, -0.05) is 24.3 Å². The fraction of sp³-hybridized carbons (Fsp3) is 0.286. The van der Waals surface area contributed by atoms with Crippen LogP contribution in [0.4, 0.5) is 0 Å². The Morgan fingerprint density at radius 1 is 1.47 bits per heavy atom. The van der Waals surface area contributed by atoms with Crippen LogP contribution in [0.25, 0.3) is 12.2 Å². The summed E-state index contributed by atoms with van der Waals surface area (Å²) in [4.78, 5) is 15.9. The van der Waals surface area contributed by atoms with Crippen molar-refractivity contribution in [2.24, 2.45) is 11.7 Å². The average Bonchev–Trinajstić information content (AvgIpc) is 2.35. The number of nitrogens with zero attached hydrogens (tertiary/aromatic N) is 1. The SMILES string of the molecule is NC(=O)C1CC=c2nc3c(cc2C1)=CC=CC3. The number of hydrogen-bond donors (Lipinski definition) is 1.